The third kappa shape index (κ3) is 4.16. The summed E-state index contributed by atoms with van der Waals surface area (Å²) in [6.45, 7) is 6.95. The third-order valence-corrected chi connectivity index (χ3v) is 3.36. The van der Waals surface area contributed by atoms with E-state index in [4.69, 9.17) is 0 Å². The number of nitro benzene ring substituents is 2. The molecule has 0 aliphatic heterocycles. The number of benzene rings is 1. The Morgan fingerprint density at radius 1 is 0.909 bits per heavy atom. The van der Waals surface area contributed by atoms with Crippen molar-refractivity contribution in [3.05, 3.63) is 37.9 Å². The summed E-state index contributed by atoms with van der Waals surface area (Å²) in [5, 5.41) is 22.8. The Hall–Kier alpha value is -2.18. The van der Waals surface area contributed by atoms with E-state index < -0.39 is 9.85 Å². The summed E-state index contributed by atoms with van der Waals surface area (Å²) in [5.41, 5.74) is 0.440. The minimum Gasteiger partial charge on any atom is -0.360 e. The van der Waals surface area contributed by atoms with Crippen LogP contribution in [0.15, 0.2) is 12.1 Å². The van der Waals surface area contributed by atoms with Crippen molar-refractivity contribution in [2.24, 2.45) is 0 Å². The summed E-state index contributed by atoms with van der Waals surface area (Å²) in [6, 6.07) is 2.95. The molecule has 1 aromatic rings. The van der Waals surface area contributed by atoms with Gasteiger partial charge in [0.2, 0.25) is 0 Å². The van der Waals surface area contributed by atoms with Crippen LogP contribution in [0.1, 0.15) is 45.6 Å². The van der Waals surface area contributed by atoms with Gasteiger partial charge in [-0.3, -0.25) is 20.2 Å². The van der Waals surface area contributed by atoms with E-state index in [9.17, 15) is 20.2 Å². The molecule has 0 radical (unpaired) electrons. The normalized spacial score (nSPS) is 10.5. The molecule has 0 aromatic heterocycles. The molecule has 22 heavy (non-hydrogen) atoms. The van der Waals surface area contributed by atoms with E-state index >= 15 is 0 Å². The van der Waals surface area contributed by atoms with Crippen LogP contribution in [0.4, 0.5) is 17.1 Å². The van der Waals surface area contributed by atoms with Crippen molar-refractivity contribution in [3.8, 4) is 0 Å². The largest absolute Gasteiger partial charge is 0.360 e. The molecule has 0 atom stereocenters. The summed E-state index contributed by atoms with van der Waals surface area (Å²) in [6.07, 6.45) is 2.90. The fourth-order valence-electron chi connectivity index (χ4n) is 2.57. The van der Waals surface area contributed by atoms with Gasteiger partial charge in [0.1, 0.15) is 0 Å². The Morgan fingerprint density at radius 3 is 1.68 bits per heavy atom. The van der Waals surface area contributed by atoms with Gasteiger partial charge in [0.15, 0.2) is 5.69 Å². The standard InChI is InChI=1S/C15H23N3O4/c1-4-7-12-10-13(17(19)20)15(14(11-12)18(21)22)16(8-5-2)9-6-3/h10-11H,4-9H2,1-3H3. The van der Waals surface area contributed by atoms with Crippen molar-refractivity contribution in [3.63, 3.8) is 0 Å². The first-order valence-electron chi connectivity index (χ1n) is 7.66. The number of aryl methyl sites for hydroxylation is 1. The monoisotopic (exact) mass is 309 g/mol. The third-order valence-electron chi connectivity index (χ3n) is 3.36. The molecule has 1 rings (SSSR count). The Morgan fingerprint density at radius 2 is 1.36 bits per heavy atom. The zero-order valence-electron chi connectivity index (χ0n) is 13.4. The predicted octanol–water partition coefficient (Wildman–Crippen LogP) is 4.08. The first kappa shape index (κ1) is 17.9. The van der Waals surface area contributed by atoms with E-state index in [1.54, 1.807) is 4.90 Å². The highest BCUT2D eigenvalue weighted by Gasteiger charge is 2.30. The van der Waals surface area contributed by atoms with Gasteiger partial charge in [-0.25, -0.2) is 0 Å². The molecule has 7 heteroatoms. The van der Waals surface area contributed by atoms with Gasteiger partial charge in [0.05, 0.1) is 9.85 Å². The average Bonchev–Trinajstić information content (AvgIpc) is 2.46. The van der Waals surface area contributed by atoms with Crippen LogP contribution in [-0.4, -0.2) is 22.9 Å². The van der Waals surface area contributed by atoms with Crippen LogP contribution < -0.4 is 4.90 Å². The lowest BCUT2D eigenvalue weighted by molar-refractivity contribution is -0.392. The molecule has 0 aliphatic carbocycles. The number of rotatable bonds is 9. The first-order chi connectivity index (χ1) is 10.5. The van der Waals surface area contributed by atoms with Gasteiger partial charge in [-0.15, -0.1) is 0 Å². The minimum absolute atomic E-state index is 0.138. The lowest BCUT2D eigenvalue weighted by Crippen LogP contribution is -2.26. The second-order valence-corrected chi connectivity index (χ2v) is 5.23. The quantitative estimate of drug-likeness (QED) is 0.506. The van der Waals surface area contributed by atoms with Crippen molar-refractivity contribution in [2.45, 2.75) is 46.5 Å². The van der Waals surface area contributed by atoms with Gasteiger partial charge >= 0.3 is 0 Å². The van der Waals surface area contributed by atoms with Crippen LogP contribution in [0.3, 0.4) is 0 Å². The molecule has 0 heterocycles. The molecule has 7 nitrogen and oxygen atoms in total. The van der Waals surface area contributed by atoms with Crippen LogP contribution >= 0.6 is 0 Å². The summed E-state index contributed by atoms with van der Waals surface area (Å²) in [5.74, 6) is 0. The molecule has 0 saturated carbocycles. The van der Waals surface area contributed by atoms with Crippen molar-refractivity contribution in [2.75, 3.05) is 18.0 Å². The van der Waals surface area contributed by atoms with Gasteiger partial charge < -0.3 is 4.90 Å². The van der Waals surface area contributed by atoms with Crippen molar-refractivity contribution in [1.29, 1.82) is 0 Å². The molecule has 0 N–H and O–H groups in total. The zero-order valence-corrected chi connectivity index (χ0v) is 13.4. The van der Waals surface area contributed by atoms with Gasteiger partial charge in [-0.2, -0.15) is 0 Å². The second-order valence-electron chi connectivity index (χ2n) is 5.23. The fourth-order valence-corrected chi connectivity index (χ4v) is 2.57. The molecule has 122 valence electrons. The smallest absolute Gasteiger partial charge is 0.299 e. The van der Waals surface area contributed by atoms with Crippen LogP contribution in [0.25, 0.3) is 0 Å². The highest BCUT2D eigenvalue weighted by molar-refractivity contribution is 5.76. The molecule has 1 aromatic carbocycles. The molecule has 0 fully saturated rings. The molecule has 0 unspecified atom stereocenters. The van der Waals surface area contributed by atoms with E-state index in [1.807, 2.05) is 20.8 Å². The van der Waals surface area contributed by atoms with Crippen LogP contribution in [0.5, 0.6) is 0 Å². The molecule has 0 amide bonds. The summed E-state index contributed by atoms with van der Waals surface area (Å²) in [7, 11) is 0. The van der Waals surface area contributed by atoms with Crippen LogP contribution in [0.2, 0.25) is 0 Å². The van der Waals surface area contributed by atoms with Crippen molar-refractivity contribution in [1.82, 2.24) is 0 Å². The molecule has 0 aliphatic rings. The Labute approximate surface area is 130 Å². The molecule has 0 bridgehead atoms. The number of hydrogen-bond acceptors (Lipinski definition) is 5. The molecular formula is C15H23N3O4. The van der Waals surface area contributed by atoms with E-state index in [0.717, 1.165) is 19.3 Å². The van der Waals surface area contributed by atoms with Gasteiger partial charge in [-0.05, 0) is 24.8 Å². The molecule has 0 saturated heterocycles. The second kappa shape index (κ2) is 8.31. The maximum Gasteiger partial charge on any atom is 0.299 e. The SMILES string of the molecule is CCCc1cc([N+](=O)[O-])c(N(CCC)CCC)c([N+](=O)[O-])c1. The van der Waals surface area contributed by atoms with Gasteiger partial charge in [-0.1, -0.05) is 27.2 Å². The van der Waals surface area contributed by atoms with E-state index in [2.05, 4.69) is 0 Å². The Bertz CT molecular complexity index is 505. The zero-order chi connectivity index (χ0) is 16.7. The number of nitro groups is 2. The van der Waals surface area contributed by atoms with Gasteiger partial charge in [0, 0.05) is 25.2 Å². The number of hydrogen-bond donors (Lipinski definition) is 0. The van der Waals surface area contributed by atoms with E-state index in [1.165, 1.54) is 12.1 Å². The average molecular weight is 309 g/mol. The predicted molar refractivity (Wildman–Crippen MR) is 86.5 cm³/mol. The summed E-state index contributed by atoms with van der Waals surface area (Å²) >= 11 is 0. The Balaban J connectivity index is 3.55. The van der Waals surface area contributed by atoms with Crippen LogP contribution in [-0.2, 0) is 6.42 Å². The van der Waals surface area contributed by atoms with Crippen LogP contribution in [0, 0.1) is 20.2 Å². The highest BCUT2D eigenvalue weighted by atomic mass is 16.6. The minimum atomic E-state index is -0.514. The summed E-state index contributed by atoms with van der Waals surface area (Å²) < 4.78 is 0. The van der Waals surface area contributed by atoms with E-state index in [0.29, 0.717) is 25.1 Å². The maximum absolute atomic E-state index is 11.4. The van der Waals surface area contributed by atoms with Gasteiger partial charge in [0.25, 0.3) is 11.4 Å². The molecular weight excluding hydrogens is 286 g/mol. The fraction of sp³-hybridized carbons (Fsp3) is 0.600. The van der Waals surface area contributed by atoms with E-state index in [-0.39, 0.29) is 17.1 Å². The van der Waals surface area contributed by atoms with Crippen molar-refractivity contribution >= 4 is 17.1 Å². The topological polar surface area (TPSA) is 89.5 Å². The number of anilines is 1. The summed E-state index contributed by atoms with van der Waals surface area (Å²) in [4.78, 5) is 23.6. The van der Waals surface area contributed by atoms with Crippen molar-refractivity contribution < 1.29 is 9.85 Å². The molecule has 0 spiro atoms. The highest BCUT2D eigenvalue weighted by Crippen LogP contribution is 2.39. The lowest BCUT2D eigenvalue weighted by atomic mass is 10.1. The number of nitrogens with zero attached hydrogens (tertiary/aromatic N) is 3. The first-order valence-corrected chi connectivity index (χ1v) is 7.66. The maximum atomic E-state index is 11.4. The lowest BCUT2D eigenvalue weighted by Gasteiger charge is -2.23. The Kier molecular flexibility index (Phi) is 6.75.